The summed E-state index contributed by atoms with van der Waals surface area (Å²) < 4.78 is 0. The zero-order valence-corrected chi connectivity index (χ0v) is 10.6. The van der Waals surface area contributed by atoms with Crippen molar-refractivity contribution in [2.45, 2.75) is 12.8 Å². The first kappa shape index (κ1) is 13.1. The Balaban J connectivity index is 2.04. The molecule has 0 aromatic heterocycles. The van der Waals surface area contributed by atoms with Crippen LogP contribution in [0.5, 0.6) is 0 Å². The molecule has 0 atom stereocenters. The topological polar surface area (TPSA) is 78.5 Å². The maximum Gasteiger partial charge on any atom is 0.313 e. The van der Waals surface area contributed by atoms with Crippen molar-refractivity contribution in [3.8, 4) is 0 Å². The van der Waals surface area contributed by atoms with Crippen molar-refractivity contribution in [2.24, 2.45) is 0 Å². The number of carbonyl (C=O) groups excluding carboxylic acids is 3. The predicted molar refractivity (Wildman–Crippen MR) is 70.7 cm³/mol. The van der Waals surface area contributed by atoms with Crippen LogP contribution < -0.4 is 15.5 Å². The molecular formula is C13H15N3O3. The molecule has 0 radical (unpaired) electrons. The number of amides is 3. The van der Waals surface area contributed by atoms with E-state index in [1.54, 1.807) is 29.2 Å². The van der Waals surface area contributed by atoms with E-state index < -0.39 is 11.8 Å². The van der Waals surface area contributed by atoms with Crippen LogP contribution in [0.4, 0.5) is 11.4 Å². The molecule has 0 unspecified atom stereocenters. The van der Waals surface area contributed by atoms with Gasteiger partial charge in [-0.15, -0.1) is 0 Å². The van der Waals surface area contributed by atoms with Gasteiger partial charge in [-0.3, -0.25) is 14.4 Å². The first-order valence-electron chi connectivity index (χ1n) is 6.05. The molecular weight excluding hydrogens is 246 g/mol. The normalized spacial score (nSPS) is 14.4. The van der Waals surface area contributed by atoms with Gasteiger partial charge in [0.2, 0.25) is 5.91 Å². The van der Waals surface area contributed by atoms with E-state index in [0.29, 0.717) is 12.1 Å². The van der Waals surface area contributed by atoms with Crippen LogP contribution in [0.2, 0.25) is 0 Å². The summed E-state index contributed by atoms with van der Waals surface area (Å²) in [7, 11) is 1.39. The zero-order valence-electron chi connectivity index (χ0n) is 10.6. The van der Waals surface area contributed by atoms with Gasteiger partial charge in [-0.05, 0) is 30.7 Å². The molecule has 19 heavy (non-hydrogen) atoms. The predicted octanol–water partition coefficient (Wildman–Crippen LogP) is 0.498. The van der Waals surface area contributed by atoms with Gasteiger partial charge in [-0.1, -0.05) is 0 Å². The quantitative estimate of drug-likeness (QED) is 0.761. The van der Waals surface area contributed by atoms with Crippen molar-refractivity contribution in [1.29, 1.82) is 0 Å². The van der Waals surface area contributed by atoms with Crippen molar-refractivity contribution in [3.05, 3.63) is 24.3 Å². The largest absolute Gasteiger partial charge is 0.351 e. The fraction of sp³-hybridized carbons (Fsp3) is 0.308. The first-order chi connectivity index (χ1) is 9.11. The van der Waals surface area contributed by atoms with Gasteiger partial charge >= 0.3 is 11.8 Å². The van der Waals surface area contributed by atoms with E-state index in [1.807, 2.05) is 0 Å². The maximum absolute atomic E-state index is 11.6. The van der Waals surface area contributed by atoms with Gasteiger partial charge in [-0.2, -0.15) is 0 Å². The summed E-state index contributed by atoms with van der Waals surface area (Å²) in [6.07, 6.45) is 1.45. The molecule has 6 nitrogen and oxygen atoms in total. The Morgan fingerprint density at radius 1 is 1.16 bits per heavy atom. The average molecular weight is 261 g/mol. The van der Waals surface area contributed by atoms with Crippen LogP contribution in [-0.2, 0) is 14.4 Å². The van der Waals surface area contributed by atoms with E-state index in [4.69, 9.17) is 0 Å². The SMILES string of the molecule is CNC(=O)C(=O)Nc1ccc(N2CCCC2=O)cc1. The lowest BCUT2D eigenvalue weighted by atomic mass is 10.2. The summed E-state index contributed by atoms with van der Waals surface area (Å²) in [5, 5.41) is 4.71. The molecule has 0 aliphatic carbocycles. The highest BCUT2D eigenvalue weighted by Gasteiger charge is 2.21. The van der Waals surface area contributed by atoms with E-state index in [0.717, 1.165) is 18.7 Å². The Hall–Kier alpha value is -2.37. The number of nitrogens with zero attached hydrogens (tertiary/aromatic N) is 1. The molecule has 100 valence electrons. The molecule has 1 fully saturated rings. The molecule has 0 bridgehead atoms. The molecule has 1 saturated heterocycles. The van der Waals surface area contributed by atoms with Gasteiger partial charge in [0.05, 0.1) is 0 Å². The van der Waals surface area contributed by atoms with Gasteiger partial charge in [0.25, 0.3) is 0 Å². The van der Waals surface area contributed by atoms with Crippen molar-refractivity contribution in [3.63, 3.8) is 0 Å². The molecule has 6 heteroatoms. The molecule has 0 spiro atoms. The number of benzene rings is 1. The molecule has 1 aromatic rings. The number of likely N-dealkylation sites (N-methyl/N-ethyl adjacent to an activating group) is 1. The molecule has 2 N–H and O–H groups in total. The third kappa shape index (κ3) is 2.90. The number of anilines is 2. The minimum absolute atomic E-state index is 0.113. The number of rotatable bonds is 2. The molecule has 2 rings (SSSR count). The summed E-state index contributed by atoms with van der Waals surface area (Å²) in [6, 6.07) is 6.84. The Morgan fingerprint density at radius 3 is 2.37 bits per heavy atom. The Morgan fingerprint density at radius 2 is 1.84 bits per heavy atom. The Labute approximate surface area is 110 Å². The summed E-state index contributed by atoms with van der Waals surface area (Å²) in [5.41, 5.74) is 1.32. The molecule has 3 amide bonds. The summed E-state index contributed by atoms with van der Waals surface area (Å²) in [6.45, 7) is 0.725. The van der Waals surface area contributed by atoms with Crippen LogP contribution in [0.1, 0.15) is 12.8 Å². The molecule has 0 saturated carbocycles. The van der Waals surface area contributed by atoms with Gasteiger partial charge in [0.15, 0.2) is 0 Å². The number of hydrogen-bond donors (Lipinski definition) is 2. The highest BCUT2D eigenvalue weighted by atomic mass is 16.2. The van der Waals surface area contributed by atoms with Gasteiger partial charge in [0, 0.05) is 31.4 Å². The summed E-state index contributed by atoms with van der Waals surface area (Å²) in [5.74, 6) is -1.30. The van der Waals surface area contributed by atoms with Crippen molar-refractivity contribution in [2.75, 3.05) is 23.8 Å². The third-order valence-electron chi connectivity index (χ3n) is 2.94. The van der Waals surface area contributed by atoms with Gasteiger partial charge in [-0.25, -0.2) is 0 Å². The standard InChI is InChI=1S/C13H15N3O3/c1-14-12(18)13(19)15-9-4-6-10(7-5-9)16-8-2-3-11(16)17/h4-7H,2-3,8H2,1H3,(H,14,18)(H,15,19). The summed E-state index contributed by atoms with van der Waals surface area (Å²) >= 11 is 0. The first-order valence-corrected chi connectivity index (χ1v) is 6.05. The highest BCUT2D eigenvalue weighted by molar-refractivity contribution is 6.39. The van der Waals surface area contributed by atoms with Crippen LogP contribution in [0.3, 0.4) is 0 Å². The van der Waals surface area contributed by atoms with E-state index in [-0.39, 0.29) is 5.91 Å². The van der Waals surface area contributed by atoms with E-state index in [2.05, 4.69) is 10.6 Å². The summed E-state index contributed by atoms with van der Waals surface area (Å²) in [4.78, 5) is 35.7. The Bertz CT molecular complexity index is 510. The van der Waals surface area contributed by atoms with Crippen LogP contribution >= 0.6 is 0 Å². The Kier molecular flexibility index (Phi) is 3.79. The number of carbonyl (C=O) groups is 3. The van der Waals surface area contributed by atoms with Crippen LogP contribution in [0.25, 0.3) is 0 Å². The second kappa shape index (κ2) is 5.51. The van der Waals surface area contributed by atoms with Crippen LogP contribution in [-0.4, -0.2) is 31.3 Å². The van der Waals surface area contributed by atoms with Crippen molar-refractivity contribution >= 4 is 29.1 Å². The van der Waals surface area contributed by atoms with E-state index in [9.17, 15) is 14.4 Å². The minimum Gasteiger partial charge on any atom is -0.351 e. The molecule has 1 aliphatic rings. The second-order valence-electron chi connectivity index (χ2n) is 4.23. The van der Waals surface area contributed by atoms with Crippen LogP contribution in [0, 0.1) is 0 Å². The van der Waals surface area contributed by atoms with Crippen molar-refractivity contribution in [1.82, 2.24) is 5.32 Å². The highest BCUT2D eigenvalue weighted by Crippen LogP contribution is 2.22. The zero-order chi connectivity index (χ0) is 13.8. The monoisotopic (exact) mass is 261 g/mol. The van der Waals surface area contributed by atoms with E-state index in [1.165, 1.54) is 7.05 Å². The minimum atomic E-state index is -0.715. The van der Waals surface area contributed by atoms with Crippen LogP contribution in [0.15, 0.2) is 24.3 Å². The molecule has 1 aromatic carbocycles. The third-order valence-corrected chi connectivity index (χ3v) is 2.94. The van der Waals surface area contributed by atoms with Crippen molar-refractivity contribution < 1.29 is 14.4 Å². The average Bonchev–Trinajstić information content (AvgIpc) is 2.85. The van der Waals surface area contributed by atoms with Gasteiger partial charge < -0.3 is 15.5 Å². The lowest BCUT2D eigenvalue weighted by Gasteiger charge is -2.15. The fourth-order valence-corrected chi connectivity index (χ4v) is 1.95. The number of nitrogens with one attached hydrogen (secondary N) is 2. The molecule has 1 heterocycles. The lowest BCUT2D eigenvalue weighted by molar-refractivity contribution is -0.135. The second-order valence-corrected chi connectivity index (χ2v) is 4.23. The smallest absolute Gasteiger partial charge is 0.313 e. The van der Waals surface area contributed by atoms with Gasteiger partial charge in [0.1, 0.15) is 0 Å². The molecule has 1 aliphatic heterocycles. The van der Waals surface area contributed by atoms with E-state index >= 15 is 0 Å². The maximum atomic E-state index is 11.6. The lowest BCUT2D eigenvalue weighted by Crippen LogP contribution is -2.32. The fourth-order valence-electron chi connectivity index (χ4n) is 1.95. The number of hydrogen-bond acceptors (Lipinski definition) is 3.